The predicted octanol–water partition coefficient (Wildman–Crippen LogP) is 5.78. The number of nitrogens with one attached hydrogen (secondary N) is 1. The second kappa shape index (κ2) is 12.1. The van der Waals surface area contributed by atoms with Crippen molar-refractivity contribution >= 4 is 28.3 Å². The summed E-state index contributed by atoms with van der Waals surface area (Å²) in [6.45, 7) is 7.37. The van der Waals surface area contributed by atoms with E-state index in [9.17, 15) is 4.79 Å². The van der Waals surface area contributed by atoms with Crippen LogP contribution in [0.5, 0.6) is 5.75 Å². The zero-order valence-corrected chi connectivity index (χ0v) is 21.6. The summed E-state index contributed by atoms with van der Waals surface area (Å²) in [4.78, 5) is 17.0. The van der Waals surface area contributed by atoms with Gasteiger partial charge in [-0.05, 0) is 81.1 Å². The van der Waals surface area contributed by atoms with Crippen LogP contribution >= 0.6 is 11.6 Å². The van der Waals surface area contributed by atoms with Crippen molar-refractivity contribution in [2.45, 2.75) is 51.1 Å². The van der Waals surface area contributed by atoms with Crippen LogP contribution in [0.3, 0.4) is 0 Å². The molecule has 0 saturated carbocycles. The van der Waals surface area contributed by atoms with Crippen LogP contribution in [0, 0.1) is 0 Å². The zero-order valence-electron chi connectivity index (χ0n) is 20.9. The number of hydrogen-bond donors (Lipinski definition) is 1. The maximum atomic E-state index is 12.0. The lowest BCUT2D eigenvalue weighted by molar-refractivity contribution is 0.204. The van der Waals surface area contributed by atoms with Gasteiger partial charge >= 0.3 is 5.63 Å². The van der Waals surface area contributed by atoms with Gasteiger partial charge < -0.3 is 19.4 Å². The molecule has 192 valence electrons. The lowest BCUT2D eigenvalue weighted by Gasteiger charge is -2.33. The quantitative estimate of drug-likeness (QED) is 0.291. The largest absolute Gasteiger partial charge is 0.494 e. The van der Waals surface area contributed by atoms with Gasteiger partial charge in [0.25, 0.3) is 0 Å². The average molecular weight is 510 g/mol. The van der Waals surface area contributed by atoms with Crippen molar-refractivity contribution in [1.82, 2.24) is 9.80 Å². The molecule has 1 aromatic heterocycles. The van der Waals surface area contributed by atoms with Crippen molar-refractivity contribution in [2.24, 2.45) is 0 Å². The summed E-state index contributed by atoms with van der Waals surface area (Å²) in [5.41, 5.74) is 2.32. The second-order valence-electron chi connectivity index (χ2n) is 10.1. The summed E-state index contributed by atoms with van der Waals surface area (Å²) in [5.74, 6) is 0.958. The molecule has 0 spiro atoms. The summed E-state index contributed by atoms with van der Waals surface area (Å²) < 4.78 is 11.3. The number of benzene rings is 2. The van der Waals surface area contributed by atoms with E-state index in [1.807, 2.05) is 6.07 Å². The maximum absolute atomic E-state index is 12.0. The fraction of sp³-hybridized carbons (Fsp3) is 0.483. The third-order valence-corrected chi connectivity index (χ3v) is 7.55. The van der Waals surface area contributed by atoms with Crippen molar-refractivity contribution < 1.29 is 9.15 Å². The summed E-state index contributed by atoms with van der Waals surface area (Å²) in [7, 11) is 0. The van der Waals surface area contributed by atoms with E-state index < -0.39 is 0 Å². The monoisotopic (exact) mass is 509 g/mol. The highest BCUT2D eigenvalue weighted by Crippen LogP contribution is 2.27. The highest BCUT2D eigenvalue weighted by atomic mass is 35.5. The fourth-order valence-electron chi connectivity index (χ4n) is 5.32. The molecule has 0 bridgehead atoms. The summed E-state index contributed by atoms with van der Waals surface area (Å²) in [6, 6.07) is 15.7. The minimum absolute atomic E-state index is 0.311. The van der Waals surface area contributed by atoms with Gasteiger partial charge in [0.05, 0.1) is 12.3 Å². The molecule has 2 aliphatic heterocycles. The number of anilines is 1. The first-order chi connectivity index (χ1) is 17.6. The van der Waals surface area contributed by atoms with Gasteiger partial charge in [-0.15, -0.1) is 0 Å². The highest BCUT2D eigenvalue weighted by Gasteiger charge is 2.20. The molecule has 0 aliphatic carbocycles. The Balaban J connectivity index is 1.06. The van der Waals surface area contributed by atoms with Crippen LogP contribution in [0.4, 0.5) is 5.69 Å². The lowest BCUT2D eigenvalue weighted by Crippen LogP contribution is -2.38. The number of halogens is 1. The Morgan fingerprint density at radius 2 is 1.72 bits per heavy atom. The van der Waals surface area contributed by atoms with Crippen LogP contribution in [0.25, 0.3) is 11.0 Å². The molecule has 1 N–H and O–H groups in total. The van der Waals surface area contributed by atoms with Crippen LogP contribution < -0.4 is 15.7 Å². The number of fused-ring (bicyclic) bond motifs is 1. The third-order valence-electron chi connectivity index (χ3n) is 7.32. The lowest BCUT2D eigenvalue weighted by atomic mass is 10.0. The van der Waals surface area contributed by atoms with Crippen LogP contribution in [0.1, 0.15) is 44.1 Å². The molecular weight excluding hydrogens is 474 g/mol. The van der Waals surface area contributed by atoms with Crippen LogP contribution in [0.2, 0.25) is 5.02 Å². The summed E-state index contributed by atoms with van der Waals surface area (Å²) in [5, 5.41) is 5.04. The first-order valence-corrected chi connectivity index (χ1v) is 13.7. The number of likely N-dealkylation sites (tertiary alicyclic amines) is 2. The molecule has 0 radical (unpaired) electrons. The molecule has 36 heavy (non-hydrogen) atoms. The molecule has 3 heterocycles. The highest BCUT2D eigenvalue weighted by molar-refractivity contribution is 6.31. The van der Waals surface area contributed by atoms with Crippen molar-refractivity contribution in [1.29, 1.82) is 0 Å². The van der Waals surface area contributed by atoms with Crippen LogP contribution in [-0.2, 0) is 6.54 Å². The molecule has 5 rings (SSSR count). The first-order valence-electron chi connectivity index (χ1n) is 13.3. The Morgan fingerprint density at radius 3 is 2.50 bits per heavy atom. The van der Waals surface area contributed by atoms with Crippen molar-refractivity contribution in [2.75, 3.05) is 44.6 Å². The van der Waals surface area contributed by atoms with E-state index in [1.54, 1.807) is 12.1 Å². The van der Waals surface area contributed by atoms with E-state index in [0.717, 1.165) is 68.9 Å². The zero-order chi connectivity index (χ0) is 24.7. The molecule has 0 unspecified atom stereocenters. The van der Waals surface area contributed by atoms with E-state index in [-0.39, 0.29) is 5.63 Å². The Kier molecular flexibility index (Phi) is 8.47. The van der Waals surface area contributed by atoms with Gasteiger partial charge in [0.15, 0.2) is 0 Å². The predicted molar refractivity (Wildman–Crippen MR) is 146 cm³/mol. The van der Waals surface area contributed by atoms with Gasteiger partial charge in [0.1, 0.15) is 11.3 Å². The molecule has 6 nitrogen and oxygen atoms in total. The molecule has 2 aromatic carbocycles. The third kappa shape index (κ3) is 6.81. The van der Waals surface area contributed by atoms with Crippen LogP contribution in [-0.4, -0.2) is 55.2 Å². The average Bonchev–Trinajstić information content (AvgIpc) is 2.90. The Labute approximate surface area is 218 Å². The van der Waals surface area contributed by atoms with Gasteiger partial charge in [-0.1, -0.05) is 30.2 Å². The number of ether oxygens (including phenoxy) is 1. The fourth-order valence-corrected chi connectivity index (χ4v) is 5.49. The van der Waals surface area contributed by atoms with Gasteiger partial charge in [0.2, 0.25) is 0 Å². The molecule has 2 aliphatic rings. The van der Waals surface area contributed by atoms with E-state index in [1.165, 1.54) is 44.0 Å². The first kappa shape index (κ1) is 25.1. The van der Waals surface area contributed by atoms with Crippen molar-refractivity contribution in [3.05, 3.63) is 69.5 Å². The van der Waals surface area contributed by atoms with Crippen LogP contribution in [0.15, 0.2) is 57.7 Å². The molecular formula is C29H36ClN3O3. The van der Waals surface area contributed by atoms with Gasteiger partial charge in [-0.3, -0.25) is 4.90 Å². The van der Waals surface area contributed by atoms with E-state index >= 15 is 0 Å². The minimum Gasteiger partial charge on any atom is -0.494 e. The van der Waals surface area contributed by atoms with E-state index in [4.69, 9.17) is 20.8 Å². The van der Waals surface area contributed by atoms with E-state index in [2.05, 4.69) is 39.4 Å². The molecule has 0 atom stereocenters. The molecule has 7 heteroatoms. The number of nitrogens with zero attached hydrogens (tertiary/aromatic N) is 2. The number of piperidine rings is 2. The van der Waals surface area contributed by atoms with E-state index in [0.29, 0.717) is 16.6 Å². The molecule has 0 amide bonds. The number of hydrogen-bond acceptors (Lipinski definition) is 6. The minimum atomic E-state index is -0.348. The molecule has 3 aromatic rings. The Bertz CT molecular complexity index is 1180. The van der Waals surface area contributed by atoms with Crippen molar-refractivity contribution in [3.63, 3.8) is 0 Å². The van der Waals surface area contributed by atoms with Gasteiger partial charge in [-0.25, -0.2) is 4.79 Å². The standard InChI is InChI=1S/C29H36ClN3O3/c30-23-7-10-28-26(19-23)27(20-29(34)36-28)31-24-11-16-33(17-12-24)21-22-5-8-25(9-6-22)35-18-4-15-32-13-2-1-3-14-32/h5-10,19-20,24,31H,1-4,11-18,21H2. The number of rotatable bonds is 9. The van der Waals surface area contributed by atoms with Gasteiger partial charge in [0, 0.05) is 48.7 Å². The SMILES string of the molecule is O=c1cc(NC2CCN(Cc3ccc(OCCCN4CCCCC4)cc3)CC2)c2cc(Cl)ccc2o1. The second-order valence-corrected chi connectivity index (χ2v) is 10.5. The topological polar surface area (TPSA) is 58.0 Å². The summed E-state index contributed by atoms with van der Waals surface area (Å²) >= 11 is 6.18. The Hall–Kier alpha value is -2.54. The molecule has 2 saturated heterocycles. The van der Waals surface area contributed by atoms with Gasteiger partial charge in [-0.2, -0.15) is 0 Å². The normalized spacial score (nSPS) is 17.9. The summed E-state index contributed by atoms with van der Waals surface area (Å²) in [6.07, 6.45) is 7.18. The molecule has 2 fully saturated rings. The van der Waals surface area contributed by atoms with Crippen molar-refractivity contribution in [3.8, 4) is 5.75 Å². The maximum Gasteiger partial charge on any atom is 0.338 e. The smallest absolute Gasteiger partial charge is 0.338 e. The Morgan fingerprint density at radius 1 is 0.944 bits per heavy atom.